The molecule has 3 aromatic carbocycles. The van der Waals surface area contributed by atoms with E-state index in [4.69, 9.17) is 4.42 Å². The Morgan fingerprint density at radius 2 is 1.66 bits per heavy atom. The van der Waals surface area contributed by atoms with Crippen molar-refractivity contribution in [1.29, 1.82) is 0 Å². The molecule has 0 unspecified atom stereocenters. The molecule has 4 rings (SSSR count). The van der Waals surface area contributed by atoms with Crippen LogP contribution in [0.5, 0.6) is 0 Å². The van der Waals surface area contributed by atoms with Crippen molar-refractivity contribution in [2.75, 3.05) is 0 Å². The van der Waals surface area contributed by atoms with Crippen LogP contribution in [0.25, 0.3) is 22.6 Å². The molecule has 0 fully saturated rings. The smallest absolute Gasteiger partial charge is 0.247 e. The first kappa shape index (κ1) is 18.6. The summed E-state index contributed by atoms with van der Waals surface area (Å²) >= 11 is 0. The van der Waals surface area contributed by atoms with E-state index in [1.165, 1.54) is 24.6 Å². The minimum Gasteiger partial charge on any atom is -0.423 e. The molecule has 1 heterocycles. The van der Waals surface area contributed by atoms with Gasteiger partial charge in [-0.15, -0.1) is 10.2 Å². The number of hydrogen-bond acceptors (Lipinski definition) is 5. The molecule has 5 nitrogen and oxygen atoms in total. The highest BCUT2D eigenvalue weighted by Crippen LogP contribution is 2.30. The van der Waals surface area contributed by atoms with E-state index in [1.807, 2.05) is 37.3 Å². The van der Waals surface area contributed by atoms with Crippen molar-refractivity contribution in [3.8, 4) is 22.6 Å². The van der Waals surface area contributed by atoms with Gasteiger partial charge in [0.25, 0.3) is 0 Å². The largest absolute Gasteiger partial charge is 0.423 e. The lowest BCUT2D eigenvalue weighted by Gasteiger charge is -2.08. The zero-order chi connectivity index (χ0) is 20.2. The number of azo groups is 1. The van der Waals surface area contributed by atoms with Crippen molar-refractivity contribution < 1.29 is 13.2 Å². The Balaban J connectivity index is 1.53. The minimum absolute atomic E-state index is 0.0960. The summed E-state index contributed by atoms with van der Waals surface area (Å²) in [5.41, 5.74) is 4.44. The fraction of sp³-hybridized carbons (Fsp3) is 0.0909. The average Bonchev–Trinajstić information content (AvgIpc) is 3.26. The second-order valence-corrected chi connectivity index (χ2v) is 6.42. The Morgan fingerprint density at radius 3 is 2.34 bits per heavy atom. The van der Waals surface area contributed by atoms with Gasteiger partial charge in [-0.3, -0.25) is 0 Å². The molecule has 1 aromatic heterocycles. The van der Waals surface area contributed by atoms with Gasteiger partial charge in [0.05, 0.1) is 12.2 Å². The molecule has 0 atom stereocenters. The first-order chi connectivity index (χ1) is 14.1. The molecular formula is C22H16F2N4O. The van der Waals surface area contributed by atoms with Gasteiger partial charge < -0.3 is 4.42 Å². The molecule has 0 amide bonds. The van der Waals surface area contributed by atoms with Crippen molar-refractivity contribution in [3.05, 3.63) is 89.8 Å². The molecule has 0 aliphatic carbocycles. The van der Waals surface area contributed by atoms with E-state index in [2.05, 4.69) is 20.4 Å². The highest BCUT2D eigenvalue weighted by molar-refractivity contribution is 5.73. The summed E-state index contributed by atoms with van der Waals surface area (Å²) in [7, 11) is 0. The van der Waals surface area contributed by atoms with Crippen LogP contribution in [0.4, 0.5) is 14.5 Å². The standard InChI is InChI=1S/C22H16F2N4O/c1-14-5-6-16(22-28-26-13-29-22)11-18(14)15-7-9-17(10-8-15)27-25-12-19-20(23)3-2-4-21(19)24/h2-11,13H,12H2,1H3. The predicted octanol–water partition coefficient (Wildman–Crippen LogP) is 6.27. The minimum atomic E-state index is -0.629. The van der Waals surface area contributed by atoms with Crippen LogP contribution in [0.3, 0.4) is 0 Å². The van der Waals surface area contributed by atoms with Crippen molar-refractivity contribution in [2.45, 2.75) is 13.5 Å². The third-order valence-electron chi connectivity index (χ3n) is 4.50. The molecule has 29 heavy (non-hydrogen) atoms. The number of halogens is 2. The topological polar surface area (TPSA) is 63.6 Å². The summed E-state index contributed by atoms with van der Waals surface area (Å²) in [5, 5.41) is 15.6. The van der Waals surface area contributed by atoms with Gasteiger partial charge in [-0.2, -0.15) is 10.2 Å². The Labute approximate surface area is 165 Å². The molecule has 0 N–H and O–H groups in total. The Morgan fingerprint density at radius 1 is 0.931 bits per heavy atom. The van der Waals surface area contributed by atoms with Gasteiger partial charge in [0, 0.05) is 11.1 Å². The molecule has 4 aromatic rings. The van der Waals surface area contributed by atoms with Crippen molar-refractivity contribution >= 4 is 5.69 Å². The summed E-state index contributed by atoms with van der Waals surface area (Å²) in [5.74, 6) is -0.802. The first-order valence-corrected chi connectivity index (χ1v) is 8.90. The summed E-state index contributed by atoms with van der Waals surface area (Å²) in [6.45, 7) is 1.86. The van der Waals surface area contributed by atoms with Crippen LogP contribution in [-0.4, -0.2) is 10.2 Å². The molecule has 144 valence electrons. The Hall–Kier alpha value is -3.74. The Kier molecular flexibility index (Phi) is 5.20. The molecule has 0 aliphatic heterocycles. The third-order valence-corrected chi connectivity index (χ3v) is 4.50. The molecule has 0 radical (unpaired) electrons. The van der Waals surface area contributed by atoms with E-state index in [9.17, 15) is 8.78 Å². The number of hydrogen-bond donors (Lipinski definition) is 0. The third kappa shape index (κ3) is 4.08. The number of benzene rings is 3. The Bertz CT molecular complexity index is 1140. The fourth-order valence-electron chi connectivity index (χ4n) is 2.94. The van der Waals surface area contributed by atoms with E-state index in [-0.39, 0.29) is 12.1 Å². The predicted molar refractivity (Wildman–Crippen MR) is 104 cm³/mol. The maximum Gasteiger partial charge on any atom is 0.247 e. The second-order valence-electron chi connectivity index (χ2n) is 6.42. The summed E-state index contributed by atoms with van der Waals surface area (Å²) in [4.78, 5) is 0. The van der Waals surface area contributed by atoms with Crippen LogP contribution in [0.2, 0.25) is 0 Å². The molecule has 0 bridgehead atoms. The van der Waals surface area contributed by atoms with Crippen LogP contribution < -0.4 is 0 Å². The number of nitrogens with zero attached hydrogens (tertiary/aromatic N) is 4. The summed E-state index contributed by atoms with van der Waals surface area (Å²) < 4.78 is 32.5. The van der Waals surface area contributed by atoms with Crippen LogP contribution >= 0.6 is 0 Å². The van der Waals surface area contributed by atoms with E-state index in [1.54, 1.807) is 12.1 Å². The van der Waals surface area contributed by atoms with Gasteiger partial charge in [-0.05, 0) is 60.0 Å². The maximum atomic E-state index is 13.6. The second kappa shape index (κ2) is 8.10. The zero-order valence-corrected chi connectivity index (χ0v) is 15.5. The molecule has 0 saturated heterocycles. The molecule has 7 heteroatoms. The van der Waals surface area contributed by atoms with Crippen LogP contribution in [0.1, 0.15) is 11.1 Å². The molecular weight excluding hydrogens is 374 g/mol. The zero-order valence-electron chi connectivity index (χ0n) is 15.5. The van der Waals surface area contributed by atoms with Crippen LogP contribution in [0.15, 0.2) is 81.7 Å². The van der Waals surface area contributed by atoms with Crippen molar-refractivity contribution in [3.63, 3.8) is 0 Å². The van der Waals surface area contributed by atoms with E-state index < -0.39 is 11.6 Å². The van der Waals surface area contributed by atoms with Crippen LogP contribution in [0, 0.1) is 18.6 Å². The first-order valence-electron chi connectivity index (χ1n) is 8.90. The fourth-order valence-corrected chi connectivity index (χ4v) is 2.94. The quantitative estimate of drug-likeness (QED) is 0.377. The normalized spacial score (nSPS) is 11.3. The number of aryl methyl sites for hydroxylation is 1. The lowest BCUT2D eigenvalue weighted by Crippen LogP contribution is -1.92. The van der Waals surface area contributed by atoms with Crippen molar-refractivity contribution in [2.24, 2.45) is 10.2 Å². The van der Waals surface area contributed by atoms with Crippen molar-refractivity contribution in [1.82, 2.24) is 10.2 Å². The maximum absolute atomic E-state index is 13.6. The number of rotatable bonds is 5. The van der Waals surface area contributed by atoms with E-state index in [0.29, 0.717) is 11.6 Å². The monoisotopic (exact) mass is 390 g/mol. The average molecular weight is 390 g/mol. The van der Waals surface area contributed by atoms with E-state index in [0.717, 1.165) is 22.3 Å². The van der Waals surface area contributed by atoms with Gasteiger partial charge in [0.2, 0.25) is 12.3 Å². The van der Waals surface area contributed by atoms with Gasteiger partial charge in [0.15, 0.2) is 0 Å². The van der Waals surface area contributed by atoms with Crippen LogP contribution in [-0.2, 0) is 6.54 Å². The van der Waals surface area contributed by atoms with Gasteiger partial charge in [0.1, 0.15) is 11.6 Å². The summed E-state index contributed by atoms with van der Waals surface area (Å²) in [6, 6.07) is 17.1. The van der Waals surface area contributed by atoms with E-state index >= 15 is 0 Å². The summed E-state index contributed by atoms with van der Waals surface area (Å²) in [6.07, 6.45) is 1.29. The molecule has 0 aliphatic rings. The SMILES string of the molecule is Cc1ccc(-c2nnco2)cc1-c1ccc(N=NCc2c(F)cccc2F)cc1. The highest BCUT2D eigenvalue weighted by Gasteiger charge is 2.09. The lowest BCUT2D eigenvalue weighted by atomic mass is 9.98. The number of aromatic nitrogens is 2. The van der Waals surface area contributed by atoms with Gasteiger partial charge >= 0.3 is 0 Å². The lowest BCUT2D eigenvalue weighted by molar-refractivity contribution is 0.555. The highest BCUT2D eigenvalue weighted by atomic mass is 19.1. The van der Waals surface area contributed by atoms with Gasteiger partial charge in [-0.25, -0.2) is 8.78 Å². The molecule has 0 spiro atoms. The molecule has 0 saturated carbocycles. The van der Waals surface area contributed by atoms with Gasteiger partial charge in [-0.1, -0.05) is 24.3 Å².